The van der Waals surface area contributed by atoms with Crippen molar-refractivity contribution < 1.29 is 9.53 Å². The maximum Gasteiger partial charge on any atom is 0.237 e. The number of likely N-dealkylation sites (tertiary alicyclic amines) is 1. The Morgan fingerprint density at radius 2 is 2.00 bits per heavy atom. The van der Waals surface area contributed by atoms with Gasteiger partial charge in [-0.2, -0.15) is 0 Å². The van der Waals surface area contributed by atoms with Crippen LogP contribution in [0.15, 0.2) is 24.3 Å². The second-order valence-electron chi connectivity index (χ2n) is 9.10. The second-order valence-corrected chi connectivity index (χ2v) is 9.10. The zero-order chi connectivity index (χ0) is 22.7. The molecule has 1 amide bonds. The van der Waals surface area contributed by atoms with Gasteiger partial charge in [-0.3, -0.25) is 4.79 Å². The molecule has 1 aromatic heterocycles. The highest BCUT2D eigenvalue weighted by molar-refractivity contribution is 5.79. The number of amides is 1. The summed E-state index contributed by atoms with van der Waals surface area (Å²) in [6.45, 7) is 5.18. The number of carbonyl (C=O) groups is 1. The van der Waals surface area contributed by atoms with Crippen molar-refractivity contribution >= 4 is 11.7 Å². The number of para-hydroxylation sites is 1. The number of methoxy groups -OCH3 is 1. The minimum Gasteiger partial charge on any atom is -0.496 e. The molecule has 2 aromatic rings. The monoisotopic (exact) mass is 437 g/mol. The van der Waals surface area contributed by atoms with Crippen molar-refractivity contribution in [1.29, 1.82) is 0 Å². The molecule has 0 saturated carbocycles. The third kappa shape index (κ3) is 4.72. The number of likely N-dealkylation sites (N-methyl/N-ethyl adjacent to an activating group) is 1. The molecule has 4 rings (SSSR count). The molecule has 0 spiro atoms. The van der Waals surface area contributed by atoms with Crippen LogP contribution in [0.5, 0.6) is 5.75 Å². The molecule has 1 saturated heterocycles. The Kier molecular flexibility index (Phi) is 6.94. The molecule has 0 unspecified atom stereocenters. The highest BCUT2D eigenvalue weighted by atomic mass is 16.5. The molecule has 0 bridgehead atoms. The number of nitrogens with zero attached hydrogens (tertiary/aromatic N) is 5. The molecular weight excluding hydrogens is 402 g/mol. The maximum atomic E-state index is 12.8. The number of anilines is 1. The predicted molar refractivity (Wildman–Crippen MR) is 126 cm³/mol. The van der Waals surface area contributed by atoms with Crippen LogP contribution in [-0.4, -0.2) is 73.1 Å². The third-order valence-corrected chi connectivity index (χ3v) is 6.53. The van der Waals surface area contributed by atoms with E-state index in [-0.39, 0.29) is 11.9 Å². The summed E-state index contributed by atoms with van der Waals surface area (Å²) in [6.07, 6.45) is 4.96. The molecule has 32 heavy (non-hydrogen) atoms. The van der Waals surface area contributed by atoms with E-state index in [1.807, 2.05) is 36.0 Å². The number of aryl methyl sites for hydroxylation is 1. The molecule has 0 radical (unpaired) electrons. The van der Waals surface area contributed by atoms with E-state index in [9.17, 15) is 4.79 Å². The van der Waals surface area contributed by atoms with Crippen LogP contribution in [0.4, 0.5) is 5.82 Å². The number of ether oxygens (including phenoxy) is 1. The summed E-state index contributed by atoms with van der Waals surface area (Å²) in [4.78, 5) is 29.1. The molecule has 1 fully saturated rings. The van der Waals surface area contributed by atoms with Gasteiger partial charge in [0.25, 0.3) is 0 Å². The fourth-order valence-corrected chi connectivity index (χ4v) is 4.94. The molecule has 0 aliphatic carbocycles. The van der Waals surface area contributed by atoms with Gasteiger partial charge in [-0.25, -0.2) is 9.97 Å². The summed E-state index contributed by atoms with van der Waals surface area (Å²) in [5.74, 6) is 2.95. The minimum absolute atomic E-state index is 0.0237. The van der Waals surface area contributed by atoms with Gasteiger partial charge in [0.05, 0.1) is 19.7 Å². The van der Waals surface area contributed by atoms with Crippen LogP contribution in [0.25, 0.3) is 0 Å². The second kappa shape index (κ2) is 9.86. The van der Waals surface area contributed by atoms with Crippen LogP contribution >= 0.6 is 0 Å². The lowest BCUT2D eigenvalue weighted by atomic mass is 10.0. The van der Waals surface area contributed by atoms with Gasteiger partial charge in [0.15, 0.2) is 5.82 Å². The van der Waals surface area contributed by atoms with E-state index in [2.05, 4.69) is 24.0 Å². The molecule has 7 nitrogen and oxygen atoms in total. The number of rotatable bonds is 7. The summed E-state index contributed by atoms with van der Waals surface area (Å²) in [7, 11) is 5.59. The van der Waals surface area contributed by atoms with Crippen molar-refractivity contribution in [3.8, 4) is 5.75 Å². The van der Waals surface area contributed by atoms with E-state index in [0.717, 1.165) is 74.8 Å². The Morgan fingerprint density at radius 1 is 1.19 bits per heavy atom. The fraction of sp³-hybridized carbons (Fsp3) is 0.560. The first-order valence-electron chi connectivity index (χ1n) is 11.7. The van der Waals surface area contributed by atoms with Gasteiger partial charge in [0, 0.05) is 30.9 Å². The first-order valence-corrected chi connectivity index (χ1v) is 11.7. The zero-order valence-electron chi connectivity index (χ0n) is 19.8. The maximum absolute atomic E-state index is 12.8. The van der Waals surface area contributed by atoms with E-state index in [1.54, 1.807) is 7.11 Å². The molecule has 7 heteroatoms. The highest BCUT2D eigenvalue weighted by Crippen LogP contribution is 2.34. The van der Waals surface area contributed by atoms with E-state index >= 15 is 0 Å². The Labute approximate surface area is 191 Å². The van der Waals surface area contributed by atoms with Crippen molar-refractivity contribution in [2.24, 2.45) is 0 Å². The standard InChI is InChI=1S/C25H35N5O2/c1-18-20-10-7-14-29(16-13-19-9-5-6-12-22(19)32-4)25(20)27-24(26-18)21-11-8-15-30(21)23(31)17-28(2)3/h5-6,9,12,21H,7-8,10-11,13-17H2,1-4H3/t21-/m1/s1. The number of carbonyl (C=O) groups excluding carboxylic acids is 1. The summed E-state index contributed by atoms with van der Waals surface area (Å²) in [5, 5.41) is 0. The van der Waals surface area contributed by atoms with Gasteiger partial charge >= 0.3 is 0 Å². The van der Waals surface area contributed by atoms with Gasteiger partial charge in [-0.1, -0.05) is 18.2 Å². The smallest absolute Gasteiger partial charge is 0.237 e. The summed E-state index contributed by atoms with van der Waals surface area (Å²) >= 11 is 0. The Bertz CT molecular complexity index is 961. The summed E-state index contributed by atoms with van der Waals surface area (Å²) < 4.78 is 5.54. The molecular formula is C25H35N5O2. The lowest BCUT2D eigenvalue weighted by Gasteiger charge is -2.32. The lowest BCUT2D eigenvalue weighted by Crippen LogP contribution is -2.38. The molecule has 0 N–H and O–H groups in total. The number of hydrogen-bond acceptors (Lipinski definition) is 6. The van der Waals surface area contributed by atoms with Crippen molar-refractivity contribution in [2.75, 3.05) is 52.3 Å². The topological polar surface area (TPSA) is 61.8 Å². The van der Waals surface area contributed by atoms with Crippen molar-refractivity contribution in [3.63, 3.8) is 0 Å². The Morgan fingerprint density at radius 3 is 2.78 bits per heavy atom. The van der Waals surface area contributed by atoms with Crippen molar-refractivity contribution in [2.45, 2.75) is 45.1 Å². The van der Waals surface area contributed by atoms with Gasteiger partial charge in [-0.05, 0) is 64.8 Å². The molecule has 2 aliphatic rings. The van der Waals surface area contributed by atoms with Gasteiger partial charge in [-0.15, -0.1) is 0 Å². The van der Waals surface area contributed by atoms with E-state index in [4.69, 9.17) is 14.7 Å². The van der Waals surface area contributed by atoms with Crippen LogP contribution < -0.4 is 9.64 Å². The Balaban J connectivity index is 1.58. The predicted octanol–water partition coefficient (Wildman–Crippen LogP) is 3.01. The SMILES string of the molecule is COc1ccccc1CCN1CCCc2c(C)nc([C@H]3CCCN3C(=O)CN(C)C)nc21. The van der Waals surface area contributed by atoms with Gasteiger partial charge < -0.3 is 19.4 Å². The van der Waals surface area contributed by atoms with Crippen LogP contribution in [0.1, 0.15) is 47.9 Å². The number of benzene rings is 1. The number of hydrogen-bond donors (Lipinski definition) is 0. The molecule has 3 heterocycles. The summed E-state index contributed by atoms with van der Waals surface area (Å²) in [5.41, 5.74) is 3.52. The fourth-order valence-electron chi connectivity index (χ4n) is 4.94. The van der Waals surface area contributed by atoms with Crippen molar-refractivity contribution in [3.05, 3.63) is 46.9 Å². The quantitative estimate of drug-likeness (QED) is 0.664. The van der Waals surface area contributed by atoms with E-state index in [1.165, 1.54) is 11.1 Å². The van der Waals surface area contributed by atoms with Crippen LogP contribution in [0.3, 0.4) is 0 Å². The van der Waals surface area contributed by atoms with Gasteiger partial charge in [0.2, 0.25) is 5.91 Å². The molecule has 1 atom stereocenters. The van der Waals surface area contributed by atoms with Gasteiger partial charge in [0.1, 0.15) is 11.6 Å². The lowest BCUT2D eigenvalue weighted by molar-refractivity contribution is -0.132. The molecule has 1 aromatic carbocycles. The van der Waals surface area contributed by atoms with Crippen molar-refractivity contribution in [1.82, 2.24) is 19.8 Å². The summed E-state index contributed by atoms with van der Waals surface area (Å²) in [6, 6.07) is 8.19. The number of aromatic nitrogens is 2. The normalized spacial score (nSPS) is 18.2. The first-order chi connectivity index (χ1) is 15.5. The molecule has 172 valence electrons. The highest BCUT2D eigenvalue weighted by Gasteiger charge is 2.33. The van der Waals surface area contributed by atoms with Crippen LogP contribution in [-0.2, 0) is 17.6 Å². The van der Waals surface area contributed by atoms with Crippen LogP contribution in [0.2, 0.25) is 0 Å². The molecule has 2 aliphatic heterocycles. The number of fused-ring (bicyclic) bond motifs is 1. The third-order valence-electron chi connectivity index (χ3n) is 6.53. The first kappa shape index (κ1) is 22.5. The minimum atomic E-state index is -0.0237. The largest absolute Gasteiger partial charge is 0.496 e. The Hall–Kier alpha value is -2.67. The van der Waals surface area contributed by atoms with E-state index < -0.39 is 0 Å². The van der Waals surface area contributed by atoms with E-state index in [0.29, 0.717) is 6.54 Å². The van der Waals surface area contributed by atoms with Crippen LogP contribution in [0, 0.1) is 6.92 Å². The zero-order valence-corrected chi connectivity index (χ0v) is 19.8. The average Bonchev–Trinajstić information content (AvgIpc) is 3.27. The average molecular weight is 438 g/mol.